The number of hydrogen-bond acceptors (Lipinski definition) is 5. The number of carbonyl (C=O) groups is 2. The molecule has 1 aliphatic rings. The summed E-state index contributed by atoms with van der Waals surface area (Å²) in [5.74, 6) is -1.90. The highest BCUT2D eigenvalue weighted by Gasteiger charge is 2.47. The number of primary sulfonamides is 1. The van der Waals surface area contributed by atoms with Crippen molar-refractivity contribution in [2.45, 2.75) is 44.0 Å². The number of aliphatic hydroxyl groups is 1. The largest absolute Gasteiger partial charge is 0.507 e. The van der Waals surface area contributed by atoms with Crippen molar-refractivity contribution in [2.24, 2.45) is 5.14 Å². The minimum atomic E-state index is -3.93. The van der Waals surface area contributed by atoms with E-state index in [1.807, 2.05) is 31.2 Å². The third-order valence-electron chi connectivity index (χ3n) is 6.36. The standard InChI is InChI=1S/C28H28N2O5S/c1-17-10-11-19(28(2,3)4)16-22(17)25(31)23-24(18-8-6-5-7-9-18)30(27(33)26(23)32)20-12-14-21(15-13-20)36(29,34)35/h5-16,24,31H,1-4H3,(H2,29,34,35)/b25-23+. The van der Waals surface area contributed by atoms with Crippen LogP contribution < -0.4 is 10.0 Å². The van der Waals surface area contributed by atoms with Crippen LogP contribution in [0.25, 0.3) is 5.76 Å². The highest BCUT2D eigenvalue weighted by Crippen LogP contribution is 2.43. The molecule has 1 amide bonds. The molecule has 3 aromatic carbocycles. The fourth-order valence-electron chi connectivity index (χ4n) is 4.33. The normalized spacial score (nSPS) is 18.0. The van der Waals surface area contributed by atoms with E-state index in [1.165, 1.54) is 29.2 Å². The zero-order valence-corrected chi connectivity index (χ0v) is 21.3. The summed E-state index contributed by atoms with van der Waals surface area (Å²) in [6.45, 7) is 7.99. The Bertz CT molecular complexity index is 1490. The number of sulfonamides is 1. The number of ketones is 1. The molecule has 0 aliphatic carbocycles. The Morgan fingerprint density at radius 2 is 1.56 bits per heavy atom. The van der Waals surface area contributed by atoms with Gasteiger partial charge < -0.3 is 5.11 Å². The maximum atomic E-state index is 13.4. The highest BCUT2D eigenvalue weighted by molar-refractivity contribution is 7.89. The van der Waals surface area contributed by atoms with Crippen LogP contribution in [0.4, 0.5) is 5.69 Å². The van der Waals surface area contributed by atoms with Crippen LogP contribution in [0.15, 0.2) is 83.3 Å². The van der Waals surface area contributed by atoms with Gasteiger partial charge in [-0.1, -0.05) is 63.2 Å². The molecule has 4 rings (SSSR count). The number of Topliss-reactive ketones (excluding diaryl/α,β-unsaturated/α-hetero) is 1. The average Bonchev–Trinajstić information content (AvgIpc) is 3.09. The van der Waals surface area contributed by atoms with Gasteiger partial charge in [0.05, 0.1) is 16.5 Å². The van der Waals surface area contributed by atoms with Crippen molar-refractivity contribution >= 4 is 33.2 Å². The first kappa shape index (κ1) is 25.3. The average molecular weight is 505 g/mol. The molecule has 1 fully saturated rings. The smallest absolute Gasteiger partial charge is 0.300 e. The molecule has 0 bridgehead atoms. The summed E-state index contributed by atoms with van der Waals surface area (Å²) in [7, 11) is -3.93. The van der Waals surface area contributed by atoms with Crippen LogP contribution in [0.5, 0.6) is 0 Å². The van der Waals surface area contributed by atoms with Crippen LogP contribution in [0, 0.1) is 6.92 Å². The summed E-state index contributed by atoms with van der Waals surface area (Å²) in [5, 5.41) is 16.7. The quantitative estimate of drug-likeness (QED) is 0.307. The van der Waals surface area contributed by atoms with Gasteiger partial charge in [0.25, 0.3) is 11.7 Å². The van der Waals surface area contributed by atoms with Gasteiger partial charge in [0.2, 0.25) is 10.0 Å². The summed E-state index contributed by atoms with van der Waals surface area (Å²) in [5.41, 5.74) is 2.91. The summed E-state index contributed by atoms with van der Waals surface area (Å²) >= 11 is 0. The van der Waals surface area contributed by atoms with Crippen LogP contribution in [0.2, 0.25) is 0 Å². The lowest BCUT2D eigenvalue weighted by Gasteiger charge is -2.26. The van der Waals surface area contributed by atoms with E-state index < -0.39 is 27.8 Å². The molecule has 186 valence electrons. The minimum Gasteiger partial charge on any atom is -0.507 e. The maximum Gasteiger partial charge on any atom is 0.300 e. The van der Waals surface area contributed by atoms with Gasteiger partial charge in [0.15, 0.2) is 0 Å². The molecule has 0 saturated carbocycles. The molecule has 1 unspecified atom stereocenters. The fraction of sp³-hybridized carbons (Fsp3) is 0.214. The van der Waals surface area contributed by atoms with Crippen molar-refractivity contribution in [1.29, 1.82) is 0 Å². The Morgan fingerprint density at radius 1 is 0.944 bits per heavy atom. The Balaban J connectivity index is 1.94. The molecule has 1 atom stereocenters. The van der Waals surface area contributed by atoms with Crippen molar-refractivity contribution in [3.63, 3.8) is 0 Å². The van der Waals surface area contributed by atoms with Crippen LogP contribution in [-0.2, 0) is 25.0 Å². The second kappa shape index (κ2) is 9.04. The van der Waals surface area contributed by atoms with Crippen molar-refractivity contribution in [2.75, 3.05) is 4.90 Å². The molecule has 0 radical (unpaired) electrons. The first-order chi connectivity index (χ1) is 16.8. The van der Waals surface area contributed by atoms with Gasteiger partial charge in [-0.3, -0.25) is 14.5 Å². The van der Waals surface area contributed by atoms with E-state index in [0.717, 1.165) is 11.1 Å². The number of anilines is 1. The predicted molar refractivity (Wildman–Crippen MR) is 139 cm³/mol. The molecule has 3 aromatic rings. The van der Waals surface area contributed by atoms with E-state index in [4.69, 9.17) is 5.14 Å². The van der Waals surface area contributed by atoms with Crippen LogP contribution in [-0.4, -0.2) is 25.2 Å². The molecular weight excluding hydrogens is 476 g/mol. The maximum absolute atomic E-state index is 13.4. The summed E-state index contributed by atoms with van der Waals surface area (Å²) in [6.07, 6.45) is 0. The monoisotopic (exact) mass is 504 g/mol. The zero-order valence-electron chi connectivity index (χ0n) is 20.5. The van der Waals surface area contributed by atoms with Gasteiger partial charge in [0.1, 0.15) is 5.76 Å². The lowest BCUT2D eigenvalue weighted by molar-refractivity contribution is -0.132. The van der Waals surface area contributed by atoms with E-state index in [2.05, 4.69) is 20.8 Å². The SMILES string of the molecule is Cc1ccc(C(C)(C)C)cc1/C(O)=C1\C(=O)C(=O)N(c2ccc(S(N)(=O)=O)cc2)C1c1ccccc1. The number of rotatable bonds is 4. The first-order valence-corrected chi connectivity index (χ1v) is 13.0. The van der Waals surface area contributed by atoms with E-state index >= 15 is 0 Å². The third kappa shape index (κ3) is 4.57. The zero-order chi connectivity index (χ0) is 26.4. The topological polar surface area (TPSA) is 118 Å². The molecule has 8 heteroatoms. The minimum absolute atomic E-state index is 0.0316. The van der Waals surface area contributed by atoms with Gasteiger partial charge in [0, 0.05) is 11.3 Å². The number of benzene rings is 3. The van der Waals surface area contributed by atoms with Crippen molar-refractivity contribution in [3.8, 4) is 0 Å². The number of nitrogens with two attached hydrogens (primary N) is 1. The number of aryl methyl sites for hydroxylation is 1. The number of amides is 1. The highest BCUT2D eigenvalue weighted by atomic mass is 32.2. The Hall–Kier alpha value is -3.75. The lowest BCUT2D eigenvalue weighted by atomic mass is 9.84. The van der Waals surface area contributed by atoms with Gasteiger partial charge in [-0.05, 0) is 59.4 Å². The lowest BCUT2D eigenvalue weighted by Crippen LogP contribution is -2.29. The molecule has 1 heterocycles. The molecule has 0 aromatic heterocycles. The Kier molecular flexibility index (Phi) is 6.36. The third-order valence-corrected chi connectivity index (χ3v) is 7.29. The van der Waals surface area contributed by atoms with E-state index in [1.54, 1.807) is 24.3 Å². The molecule has 7 nitrogen and oxygen atoms in total. The van der Waals surface area contributed by atoms with Crippen molar-refractivity contribution in [1.82, 2.24) is 0 Å². The molecule has 1 saturated heterocycles. The van der Waals surface area contributed by atoms with Crippen LogP contribution in [0.3, 0.4) is 0 Å². The fourth-order valence-corrected chi connectivity index (χ4v) is 4.85. The Labute approximate surface area is 210 Å². The Morgan fingerprint density at radius 3 is 2.11 bits per heavy atom. The van der Waals surface area contributed by atoms with Crippen LogP contribution >= 0.6 is 0 Å². The van der Waals surface area contributed by atoms with E-state index in [-0.39, 0.29) is 21.6 Å². The van der Waals surface area contributed by atoms with E-state index in [9.17, 15) is 23.1 Å². The molecule has 36 heavy (non-hydrogen) atoms. The summed E-state index contributed by atoms with van der Waals surface area (Å²) < 4.78 is 23.4. The van der Waals surface area contributed by atoms with Gasteiger partial charge in [-0.15, -0.1) is 0 Å². The van der Waals surface area contributed by atoms with Crippen LogP contribution in [0.1, 0.15) is 49.1 Å². The number of hydrogen-bond donors (Lipinski definition) is 2. The summed E-state index contributed by atoms with van der Waals surface area (Å²) in [4.78, 5) is 27.9. The molecule has 1 aliphatic heterocycles. The van der Waals surface area contributed by atoms with Crippen molar-refractivity contribution in [3.05, 3.63) is 101 Å². The first-order valence-electron chi connectivity index (χ1n) is 11.4. The molecule has 3 N–H and O–H groups in total. The second-order valence-corrected chi connectivity index (χ2v) is 11.5. The van der Waals surface area contributed by atoms with Gasteiger partial charge in [-0.25, -0.2) is 13.6 Å². The van der Waals surface area contributed by atoms with Gasteiger partial charge in [-0.2, -0.15) is 0 Å². The second-order valence-electron chi connectivity index (χ2n) is 9.90. The predicted octanol–water partition coefficient (Wildman–Crippen LogP) is 4.57. The molecular formula is C28H28N2O5S. The summed E-state index contributed by atoms with van der Waals surface area (Å²) in [6, 6.07) is 19.1. The number of carbonyl (C=O) groups excluding carboxylic acids is 2. The van der Waals surface area contributed by atoms with Crippen molar-refractivity contribution < 1.29 is 23.1 Å². The number of aliphatic hydroxyl groups excluding tert-OH is 1. The van der Waals surface area contributed by atoms with Gasteiger partial charge >= 0.3 is 0 Å². The van der Waals surface area contributed by atoms with E-state index in [0.29, 0.717) is 16.8 Å². The molecule has 0 spiro atoms. The number of nitrogens with zero attached hydrogens (tertiary/aromatic N) is 1.